The van der Waals surface area contributed by atoms with Crippen molar-refractivity contribution in [3.05, 3.63) is 34.9 Å². The van der Waals surface area contributed by atoms with E-state index in [0.29, 0.717) is 6.54 Å². The van der Waals surface area contributed by atoms with Crippen LogP contribution in [0.2, 0.25) is 5.02 Å². The maximum Gasteiger partial charge on any atom is 0.0833 e. The Morgan fingerprint density at radius 2 is 2.00 bits per heavy atom. The SMILES string of the molecule is CSC[C@@](C)(O)CN[C@@H](C)c1ccc(Cl)cc1. The van der Waals surface area contributed by atoms with Crippen molar-refractivity contribution in [2.75, 3.05) is 18.6 Å². The number of aliphatic hydroxyl groups is 1. The summed E-state index contributed by atoms with van der Waals surface area (Å²) in [6.45, 7) is 4.52. The van der Waals surface area contributed by atoms with Crippen LogP contribution < -0.4 is 5.32 Å². The summed E-state index contributed by atoms with van der Waals surface area (Å²) in [7, 11) is 0. The molecule has 1 aromatic rings. The summed E-state index contributed by atoms with van der Waals surface area (Å²) in [4.78, 5) is 0. The van der Waals surface area contributed by atoms with Gasteiger partial charge in [-0.3, -0.25) is 0 Å². The molecule has 0 saturated carbocycles. The number of halogens is 1. The van der Waals surface area contributed by atoms with E-state index in [1.54, 1.807) is 11.8 Å². The zero-order valence-corrected chi connectivity index (χ0v) is 12.1. The van der Waals surface area contributed by atoms with Gasteiger partial charge in [-0.25, -0.2) is 0 Å². The van der Waals surface area contributed by atoms with Crippen LogP contribution in [0.25, 0.3) is 0 Å². The molecule has 17 heavy (non-hydrogen) atoms. The first-order chi connectivity index (χ1) is 7.94. The third-order valence-electron chi connectivity index (χ3n) is 2.61. The van der Waals surface area contributed by atoms with E-state index in [-0.39, 0.29) is 6.04 Å². The normalized spacial score (nSPS) is 16.5. The van der Waals surface area contributed by atoms with Crippen LogP contribution in [0.15, 0.2) is 24.3 Å². The van der Waals surface area contributed by atoms with Crippen molar-refractivity contribution in [3.8, 4) is 0 Å². The third kappa shape index (κ3) is 5.30. The molecule has 2 nitrogen and oxygen atoms in total. The van der Waals surface area contributed by atoms with E-state index in [2.05, 4.69) is 12.2 Å². The summed E-state index contributed by atoms with van der Waals surface area (Å²) >= 11 is 7.49. The lowest BCUT2D eigenvalue weighted by Crippen LogP contribution is -2.40. The van der Waals surface area contributed by atoms with Gasteiger partial charge in [-0.15, -0.1) is 0 Å². The molecule has 0 radical (unpaired) electrons. The second-order valence-corrected chi connectivity index (χ2v) is 5.89. The van der Waals surface area contributed by atoms with Crippen LogP contribution in [0.1, 0.15) is 25.5 Å². The van der Waals surface area contributed by atoms with Gasteiger partial charge in [0.05, 0.1) is 5.60 Å². The van der Waals surface area contributed by atoms with Gasteiger partial charge in [0.2, 0.25) is 0 Å². The van der Waals surface area contributed by atoms with Gasteiger partial charge in [0.15, 0.2) is 0 Å². The molecule has 0 aromatic heterocycles. The predicted octanol–water partition coefficient (Wildman–Crippen LogP) is 3.10. The summed E-state index contributed by atoms with van der Waals surface area (Å²) in [6, 6.07) is 7.98. The highest BCUT2D eigenvalue weighted by Crippen LogP contribution is 2.17. The van der Waals surface area contributed by atoms with E-state index in [1.807, 2.05) is 37.4 Å². The van der Waals surface area contributed by atoms with Gasteiger partial charge in [0.1, 0.15) is 0 Å². The molecule has 0 amide bonds. The van der Waals surface area contributed by atoms with E-state index in [1.165, 1.54) is 5.56 Å². The molecular formula is C13H20ClNOS. The van der Waals surface area contributed by atoms with Crippen molar-refractivity contribution in [2.24, 2.45) is 0 Å². The van der Waals surface area contributed by atoms with E-state index in [9.17, 15) is 5.11 Å². The van der Waals surface area contributed by atoms with E-state index in [4.69, 9.17) is 11.6 Å². The Labute approximate surface area is 113 Å². The largest absolute Gasteiger partial charge is 0.388 e. The molecular weight excluding hydrogens is 254 g/mol. The molecule has 1 rings (SSSR count). The summed E-state index contributed by atoms with van der Waals surface area (Å²) in [5.74, 6) is 0.730. The fraction of sp³-hybridized carbons (Fsp3) is 0.538. The molecule has 0 aliphatic rings. The Morgan fingerprint density at radius 3 is 2.53 bits per heavy atom. The Morgan fingerprint density at radius 1 is 1.41 bits per heavy atom. The average Bonchev–Trinajstić information content (AvgIpc) is 2.27. The van der Waals surface area contributed by atoms with Crippen molar-refractivity contribution in [3.63, 3.8) is 0 Å². The van der Waals surface area contributed by atoms with Crippen LogP contribution in [-0.2, 0) is 0 Å². The quantitative estimate of drug-likeness (QED) is 0.835. The number of thioether (sulfide) groups is 1. The zero-order chi connectivity index (χ0) is 12.9. The van der Waals surface area contributed by atoms with Crippen LogP contribution >= 0.6 is 23.4 Å². The predicted molar refractivity (Wildman–Crippen MR) is 76.9 cm³/mol. The smallest absolute Gasteiger partial charge is 0.0833 e. The first-order valence-electron chi connectivity index (χ1n) is 5.65. The van der Waals surface area contributed by atoms with Crippen molar-refractivity contribution in [2.45, 2.75) is 25.5 Å². The van der Waals surface area contributed by atoms with Gasteiger partial charge in [-0.1, -0.05) is 23.7 Å². The van der Waals surface area contributed by atoms with E-state index in [0.717, 1.165) is 10.8 Å². The van der Waals surface area contributed by atoms with Crippen LogP contribution in [0.3, 0.4) is 0 Å². The molecule has 2 atom stereocenters. The average molecular weight is 274 g/mol. The lowest BCUT2D eigenvalue weighted by Gasteiger charge is -2.25. The number of hydrogen-bond acceptors (Lipinski definition) is 3. The highest BCUT2D eigenvalue weighted by Gasteiger charge is 2.20. The number of hydrogen-bond donors (Lipinski definition) is 2. The summed E-state index contributed by atoms with van der Waals surface area (Å²) < 4.78 is 0. The van der Waals surface area contributed by atoms with Crippen molar-refractivity contribution < 1.29 is 5.11 Å². The van der Waals surface area contributed by atoms with Gasteiger partial charge in [-0.2, -0.15) is 11.8 Å². The Kier molecular flexibility index (Phi) is 5.80. The molecule has 0 saturated heterocycles. The van der Waals surface area contributed by atoms with E-state index < -0.39 is 5.60 Å². The first kappa shape index (κ1) is 14.8. The Hall–Kier alpha value is -0.220. The zero-order valence-electron chi connectivity index (χ0n) is 10.5. The maximum atomic E-state index is 10.0. The standard InChI is InChI=1S/C13H20ClNOS/c1-10(11-4-6-12(14)7-5-11)15-8-13(2,16)9-17-3/h4-7,10,15-16H,8-9H2,1-3H3/t10-,13-/m0/s1. The third-order valence-corrected chi connectivity index (χ3v) is 3.78. The van der Waals surface area contributed by atoms with Crippen LogP contribution in [0, 0.1) is 0 Å². The second kappa shape index (κ2) is 6.64. The van der Waals surface area contributed by atoms with Crippen molar-refractivity contribution in [1.82, 2.24) is 5.32 Å². The molecule has 0 aliphatic heterocycles. The van der Waals surface area contributed by atoms with E-state index >= 15 is 0 Å². The first-order valence-corrected chi connectivity index (χ1v) is 7.42. The van der Waals surface area contributed by atoms with Crippen LogP contribution in [0.5, 0.6) is 0 Å². The molecule has 0 unspecified atom stereocenters. The minimum Gasteiger partial charge on any atom is -0.388 e. The lowest BCUT2D eigenvalue weighted by atomic mass is 10.1. The summed E-state index contributed by atoms with van der Waals surface area (Å²) in [5.41, 5.74) is 0.509. The second-order valence-electron chi connectivity index (χ2n) is 4.58. The van der Waals surface area contributed by atoms with Gasteiger partial charge in [-0.05, 0) is 37.8 Å². The topological polar surface area (TPSA) is 32.3 Å². The highest BCUT2D eigenvalue weighted by molar-refractivity contribution is 7.98. The fourth-order valence-corrected chi connectivity index (χ4v) is 2.45. The van der Waals surface area contributed by atoms with Crippen LogP contribution in [-0.4, -0.2) is 29.3 Å². The van der Waals surface area contributed by atoms with Crippen molar-refractivity contribution >= 4 is 23.4 Å². The Balaban J connectivity index is 2.49. The maximum absolute atomic E-state index is 10.0. The van der Waals surface area contributed by atoms with Gasteiger partial charge in [0, 0.05) is 23.4 Å². The molecule has 0 fully saturated rings. The molecule has 2 N–H and O–H groups in total. The fourth-order valence-electron chi connectivity index (χ4n) is 1.60. The summed E-state index contributed by atoms with van der Waals surface area (Å²) in [6.07, 6.45) is 2.00. The lowest BCUT2D eigenvalue weighted by molar-refractivity contribution is 0.0821. The van der Waals surface area contributed by atoms with Crippen LogP contribution in [0.4, 0.5) is 0 Å². The van der Waals surface area contributed by atoms with Gasteiger partial charge in [0.25, 0.3) is 0 Å². The molecule has 0 aliphatic carbocycles. The minimum atomic E-state index is -0.667. The number of nitrogens with one attached hydrogen (secondary N) is 1. The molecule has 4 heteroatoms. The number of benzene rings is 1. The van der Waals surface area contributed by atoms with Crippen molar-refractivity contribution in [1.29, 1.82) is 0 Å². The monoisotopic (exact) mass is 273 g/mol. The molecule has 0 heterocycles. The Bertz CT molecular complexity index is 340. The minimum absolute atomic E-state index is 0.209. The molecule has 0 spiro atoms. The molecule has 96 valence electrons. The number of rotatable bonds is 6. The van der Waals surface area contributed by atoms with Gasteiger partial charge >= 0.3 is 0 Å². The van der Waals surface area contributed by atoms with Gasteiger partial charge < -0.3 is 10.4 Å². The molecule has 1 aromatic carbocycles. The highest BCUT2D eigenvalue weighted by atomic mass is 35.5. The summed E-state index contributed by atoms with van der Waals surface area (Å²) in [5, 5.41) is 14.1. The molecule has 0 bridgehead atoms.